The minimum Gasteiger partial charge on any atom is -0.375 e. The number of carbonyl (C=O) groups excluding carboxylic acids is 1. The lowest BCUT2D eigenvalue weighted by atomic mass is 9.82. The number of halogens is 4. The van der Waals surface area contributed by atoms with Crippen molar-refractivity contribution in [1.82, 2.24) is 21.3 Å². The van der Waals surface area contributed by atoms with Gasteiger partial charge in [0.2, 0.25) is 5.91 Å². The number of hydrogen-bond donors (Lipinski definition) is 4. The molecule has 3 aliphatic rings. The first kappa shape index (κ1) is 21.4. The summed E-state index contributed by atoms with van der Waals surface area (Å²) in [5, 5.41) is 12.7. The molecule has 1 fully saturated rings. The van der Waals surface area contributed by atoms with Crippen LogP contribution in [0.4, 0.5) is 13.2 Å². The number of allylic oxidation sites excluding steroid dienone is 1. The van der Waals surface area contributed by atoms with Gasteiger partial charge in [0.15, 0.2) is 0 Å². The average molecular weight is 422 g/mol. The number of carbonyl (C=O) groups is 1. The zero-order valence-corrected chi connectivity index (χ0v) is 16.8. The van der Waals surface area contributed by atoms with Gasteiger partial charge in [0.1, 0.15) is 6.54 Å². The minimum atomic E-state index is -4.42. The maximum atomic E-state index is 12.4. The fourth-order valence-corrected chi connectivity index (χ4v) is 4.45. The Balaban J connectivity index is 1.58. The van der Waals surface area contributed by atoms with Gasteiger partial charge in [-0.1, -0.05) is 11.6 Å². The van der Waals surface area contributed by atoms with Crippen LogP contribution >= 0.6 is 11.6 Å². The summed E-state index contributed by atoms with van der Waals surface area (Å²) in [4.78, 5) is 16.9. The molecule has 0 aromatic rings. The smallest absolute Gasteiger partial charge is 0.375 e. The highest BCUT2D eigenvalue weighted by Gasteiger charge is 2.42. The molecule has 4 unspecified atom stereocenters. The van der Waals surface area contributed by atoms with Crippen molar-refractivity contribution in [3.63, 3.8) is 0 Å². The standard InChI is InChI=1S/C18H27ClF3N5O/c1-17(2,16(28)26-9-18(20,21)22)27-11-3-4-23-14(6-11)13-8-25-15-12(13)5-10(19)7-24-15/h7,11-13,15,24-25,27H,3-6,8-9H2,1-2H3,(H,26,28). The zero-order chi connectivity index (χ0) is 20.5. The number of nitrogens with zero attached hydrogens (tertiary/aromatic N) is 1. The summed E-state index contributed by atoms with van der Waals surface area (Å²) in [7, 11) is 0. The summed E-state index contributed by atoms with van der Waals surface area (Å²) in [5.74, 6) is -0.0882. The number of rotatable bonds is 5. The van der Waals surface area contributed by atoms with E-state index in [0.717, 1.165) is 30.1 Å². The summed E-state index contributed by atoms with van der Waals surface area (Å²) >= 11 is 6.19. The highest BCUT2D eigenvalue weighted by atomic mass is 35.5. The van der Waals surface area contributed by atoms with Crippen LogP contribution in [0, 0.1) is 11.8 Å². The third kappa shape index (κ3) is 5.18. The minimum absolute atomic E-state index is 0.0132. The van der Waals surface area contributed by atoms with Gasteiger partial charge in [-0.25, -0.2) is 0 Å². The first-order valence-electron chi connectivity index (χ1n) is 9.55. The van der Waals surface area contributed by atoms with Crippen molar-refractivity contribution < 1.29 is 18.0 Å². The summed E-state index contributed by atoms with van der Waals surface area (Å²) in [6, 6.07) is -0.0132. The predicted octanol–water partition coefficient (Wildman–Crippen LogP) is 1.87. The molecule has 0 bridgehead atoms. The lowest BCUT2D eigenvalue weighted by Crippen LogP contribution is -2.58. The van der Waals surface area contributed by atoms with Gasteiger partial charge in [0.25, 0.3) is 0 Å². The first-order valence-corrected chi connectivity index (χ1v) is 9.93. The molecule has 0 spiro atoms. The molecule has 4 atom stereocenters. The van der Waals surface area contributed by atoms with E-state index in [4.69, 9.17) is 16.6 Å². The molecular weight excluding hydrogens is 395 g/mol. The van der Waals surface area contributed by atoms with Crippen LogP contribution in [0.2, 0.25) is 0 Å². The first-order chi connectivity index (χ1) is 13.0. The molecule has 6 nitrogen and oxygen atoms in total. The van der Waals surface area contributed by atoms with Crippen LogP contribution in [0.15, 0.2) is 16.2 Å². The second-order valence-corrected chi connectivity index (χ2v) is 8.73. The van der Waals surface area contributed by atoms with E-state index >= 15 is 0 Å². The highest BCUT2D eigenvalue weighted by molar-refractivity contribution is 6.29. The van der Waals surface area contributed by atoms with Gasteiger partial charge in [-0.2, -0.15) is 13.2 Å². The van der Waals surface area contributed by atoms with Gasteiger partial charge in [-0.05, 0) is 26.7 Å². The van der Waals surface area contributed by atoms with Crippen LogP contribution in [-0.2, 0) is 4.79 Å². The Morgan fingerprint density at radius 2 is 2.11 bits per heavy atom. The molecule has 3 aliphatic heterocycles. The number of aliphatic imine (C=N–C) groups is 1. The van der Waals surface area contributed by atoms with Gasteiger partial charge in [0, 0.05) is 54.3 Å². The van der Waals surface area contributed by atoms with Crippen LogP contribution in [0.1, 0.15) is 33.1 Å². The maximum Gasteiger partial charge on any atom is 0.405 e. The van der Waals surface area contributed by atoms with Gasteiger partial charge < -0.3 is 16.0 Å². The number of alkyl halides is 3. The van der Waals surface area contributed by atoms with E-state index < -0.39 is 24.2 Å². The Hall–Kier alpha value is -1.32. The molecule has 28 heavy (non-hydrogen) atoms. The Labute approximate surface area is 167 Å². The summed E-state index contributed by atoms with van der Waals surface area (Å²) in [5.41, 5.74) is -0.0174. The Bertz CT molecular complexity index is 664. The van der Waals surface area contributed by atoms with Crippen LogP contribution < -0.4 is 21.3 Å². The van der Waals surface area contributed by atoms with E-state index in [1.54, 1.807) is 13.8 Å². The third-order valence-corrected chi connectivity index (χ3v) is 5.87. The third-order valence-electron chi connectivity index (χ3n) is 5.61. The Kier molecular flexibility index (Phi) is 6.26. The summed E-state index contributed by atoms with van der Waals surface area (Å²) < 4.78 is 37.1. The van der Waals surface area contributed by atoms with Crippen molar-refractivity contribution in [2.24, 2.45) is 16.8 Å². The molecule has 0 aliphatic carbocycles. The second-order valence-electron chi connectivity index (χ2n) is 8.25. The van der Waals surface area contributed by atoms with Crippen LogP contribution in [-0.4, -0.2) is 55.2 Å². The van der Waals surface area contributed by atoms with Crippen LogP contribution in [0.25, 0.3) is 0 Å². The van der Waals surface area contributed by atoms with Crippen molar-refractivity contribution in [3.8, 4) is 0 Å². The monoisotopic (exact) mass is 421 g/mol. The summed E-state index contributed by atoms with van der Waals surface area (Å²) in [6.45, 7) is 3.33. The quantitative estimate of drug-likeness (QED) is 0.546. The van der Waals surface area contributed by atoms with E-state index in [1.165, 1.54) is 0 Å². The normalized spacial score (nSPS) is 30.8. The highest BCUT2D eigenvalue weighted by Crippen LogP contribution is 2.34. The molecule has 4 N–H and O–H groups in total. The molecule has 0 saturated carbocycles. The molecule has 0 radical (unpaired) electrons. The van der Waals surface area contributed by atoms with E-state index in [1.807, 2.05) is 11.5 Å². The lowest BCUT2D eigenvalue weighted by molar-refractivity contribution is -0.141. The SMILES string of the molecule is CC(C)(NC1CCN=C(C2CNC3NC=C(Cl)CC32)C1)C(=O)NCC(F)(F)F. The van der Waals surface area contributed by atoms with Crippen LogP contribution in [0.5, 0.6) is 0 Å². The van der Waals surface area contributed by atoms with E-state index in [-0.39, 0.29) is 18.1 Å². The van der Waals surface area contributed by atoms with Crippen molar-refractivity contribution in [3.05, 3.63) is 11.2 Å². The van der Waals surface area contributed by atoms with Crippen molar-refractivity contribution in [1.29, 1.82) is 0 Å². The predicted molar refractivity (Wildman–Crippen MR) is 102 cm³/mol. The number of fused-ring (bicyclic) bond motifs is 1. The topological polar surface area (TPSA) is 77.6 Å². The maximum absolute atomic E-state index is 12.4. The second kappa shape index (κ2) is 8.20. The van der Waals surface area contributed by atoms with Gasteiger partial charge >= 0.3 is 6.18 Å². The number of amides is 1. The molecule has 1 amide bonds. The van der Waals surface area contributed by atoms with Crippen molar-refractivity contribution >= 4 is 23.2 Å². The molecule has 10 heteroatoms. The molecular formula is C18H27ClF3N5O. The van der Waals surface area contributed by atoms with E-state index in [2.05, 4.69) is 16.0 Å². The fraction of sp³-hybridized carbons (Fsp3) is 0.778. The summed E-state index contributed by atoms with van der Waals surface area (Å²) in [6.07, 6.45) is -0.216. The van der Waals surface area contributed by atoms with Gasteiger partial charge in [-0.3, -0.25) is 15.1 Å². The zero-order valence-electron chi connectivity index (χ0n) is 16.0. The average Bonchev–Trinajstić information content (AvgIpc) is 3.01. The van der Waals surface area contributed by atoms with Gasteiger partial charge in [-0.15, -0.1) is 0 Å². The molecule has 1 saturated heterocycles. The van der Waals surface area contributed by atoms with Crippen molar-refractivity contribution in [2.45, 2.75) is 57.0 Å². The van der Waals surface area contributed by atoms with E-state index in [0.29, 0.717) is 18.9 Å². The fourth-order valence-electron chi connectivity index (χ4n) is 4.21. The molecule has 3 rings (SSSR count). The number of nitrogens with one attached hydrogen (secondary N) is 4. The van der Waals surface area contributed by atoms with E-state index in [9.17, 15) is 18.0 Å². The molecule has 158 valence electrons. The van der Waals surface area contributed by atoms with Gasteiger partial charge in [0.05, 0.1) is 11.7 Å². The lowest BCUT2D eigenvalue weighted by Gasteiger charge is -2.35. The molecule has 0 aromatic heterocycles. The van der Waals surface area contributed by atoms with Crippen molar-refractivity contribution in [2.75, 3.05) is 19.6 Å². The Morgan fingerprint density at radius 1 is 1.36 bits per heavy atom. The van der Waals surface area contributed by atoms with Crippen LogP contribution in [0.3, 0.4) is 0 Å². The Morgan fingerprint density at radius 3 is 2.82 bits per heavy atom. The molecule has 0 aromatic carbocycles. The molecule has 3 heterocycles. The largest absolute Gasteiger partial charge is 0.405 e. The number of hydrogen-bond acceptors (Lipinski definition) is 5.